The van der Waals surface area contributed by atoms with Crippen molar-refractivity contribution in [2.75, 3.05) is 11.9 Å². The fourth-order valence-corrected chi connectivity index (χ4v) is 2.92. The lowest BCUT2D eigenvalue weighted by atomic mass is 9.77. The predicted octanol–water partition coefficient (Wildman–Crippen LogP) is 2.44. The molecule has 1 aliphatic carbocycles. The molecule has 1 fully saturated rings. The van der Waals surface area contributed by atoms with E-state index >= 15 is 0 Å². The van der Waals surface area contributed by atoms with Gasteiger partial charge in [-0.25, -0.2) is 4.68 Å². The van der Waals surface area contributed by atoms with Crippen LogP contribution in [0.5, 0.6) is 0 Å². The molecule has 0 aromatic carbocycles. The van der Waals surface area contributed by atoms with E-state index in [1.165, 1.54) is 4.68 Å². The van der Waals surface area contributed by atoms with E-state index in [9.17, 15) is 9.90 Å². The number of nitrogens with one attached hydrogen (secondary N) is 1. The topological polar surface area (TPSA) is 67.2 Å². The van der Waals surface area contributed by atoms with Crippen molar-refractivity contribution < 1.29 is 5.11 Å². The van der Waals surface area contributed by atoms with E-state index in [4.69, 9.17) is 11.6 Å². The molecule has 0 atom stereocenters. The van der Waals surface area contributed by atoms with Crippen LogP contribution in [0.25, 0.3) is 0 Å². The van der Waals surface area contributed by atoms with Crippen LogP contribution in [-0.2, 0) is 6.54 Å². The van der Waals surface area contributed by atoms with Crippen molar-refractivity contribution in [1.29, 1.82) is 0 Å². The first-order valence-electron chi connectivity index (χ1n) is 7.27. The van der Waals surface area contributed by atoms with Crippen LogP contribution < -0.4 is 10.9 Å². The molecule has 1 aliphatic rings. The van der Waals surface area contributed by atoms with Crippen molar-refractivity contribution in [3.8, 4) is 0 Å². The number of anilines is 1. The van der Waals surface area contributed by atoms with Gasteiger partial charge >= 0.3 is 0 Å². The highest BCUT2D eigenvalue weighted by atomic mass is 35.5. The molecule has 116 valence electrons. The van der Waals surface area contributed by atoms with Crippen molar-refractivity contribution in [2.24, 2.45) is 5.92 Å². The molecule has 21 heavy (non-hydrogen) atoms. The molecule has 0 aliphatic heterocycles. The Hall–Kier alpha value is -1.33. The summed E-state index contributed by atoms with van der Waals surface area (Å²) in [5, 5.41) is 17.2. The molecule has 1 aromatic heterocycles. The number of allylic oxidation sites excluding steroid dienone is 1. The van der Waals surface area contributed by atoms with Crippen LogP contribution in [0.3, 0.4) is 0 Å². The molecular formula is C15H22ClN3O2. The van der Waals surface area contributed by atoms with Gasteiger partial charge in [-0.05, 0) is 31.6 Å². The van der Waals surface area contributed by atoms with Crippen LogP contribution in [0.2, 0.25) is 5.02 Å². The maximum atomic E-state index is 12.1. The van der Waals surface area contributed by atoms with Crippen LogP contribution in [0.1, 0.15) is 32.6 Å². The fraction of sp³-hybridized carbons (Fsp3) is 0.600. The van der Waals surface area contributed by atoms with Gasteiger partial charge in [-0.2, -0.15) is 5.10 Å². The van der Waals surface area contributed by atoms with Crippen LogP contribution in [-0.4, -0.2) is 27.0 Å². The number of aliphatic hydroxyl groups excluding tert-OH is 1. The maximum Gasteiger partial charge on any atom is 0.287 e. The van der Waals surface area contributed by atoms with E-state index < -0.39 is 5.54 Å². The van der Waals surface area contributed by atoms with E-state index in [2.05, 4.69) is 23.9 Å². The lowest BCUT2D eigenvalue weighted by Crippen LogP contribution is -2.45. The summed E-state index contributed by atoms with van der Waals surface area (Å²) in [7, 11) is 0. The van der Waals surface area contributed by atoms with Gasteiger partial charge in [0.25, 0.3) is 5.56 Å². The molecule has 0 bridgehead atoms. The third-order valence-electron chi connectivity index (χ3n) is 4.22. The highest BCUT2D eigenvalue weighted by Gasteiger charge is 2.34. The van der Waals surface area contributed by atoms with Gasteiger partial charge in [-0.1, -0.05) is 24.6 Å². The monoisotopic (exact) mass is 311 g/mol. The summed E-state index contributed by atoms with van der Waals surface area (Å²) in [6.45, 7) is 6.14. The maximum absolute atomic E-state index is 12.1. The Kier molecular flexibility index (Phi) is 5.06. The summed E-state index contributed by atoms with van der Waals surface area (Å²) in [4.78, 5) is 12.1. The Labute approximate surface area is 129 Å². The third kappa shape index (κ3) is 3.47. The molecule has 2 rings (SSSR count). The molecule has 5 nitrogen and oxygen atoms in total. The number of hydrogen-bond acceptors (Lipinski definition) is 4. The van der Waals surface area contributed by atoms with Gasteiger partial charge in [-0.15, -0.1) is 6.58 Å². The minimum Gasteiger partial charge on any atom is -0.394 e. The van der Waals surface area contributed by atoms with Gasteiger partial charge < -0.3 is 10.4 Å². The van der Waals surface area contributed by atoms with Crippen molar-refractivity contribution in [3.05, 3.63) is 34.2 Å². The summed E-state index contributed by atoms with van der Waals surface area (Å²) >= 11 is 6.15. The lowest BCUT2D eigenvalue weighted by molar-refractivity contribution is 0.155. The normalized spacial score (nSPS) is 25.6. The van der Waals surface area contributed by atoms with Crippen LogP contribution >= 0.6 is 11.6 Å². The van der Waals surface area contributed by atoms with E-state index in [1.807, 2.05) is 0 Å². The zero-order chi connectivity index (χ0) is 15.5. The Bertz CT molecular complexity index is 563. The second kappa shape index (κ2) is 6.62. The first-order valence-corrected chi connectivity index (χ1v) is 7.65. The van der Waals surface area contributed by atoms with Crippen LogP contribution in [0, 0.1) is 5.92 Å². The number of halogens is 1. The standard InChI is InChI=1S/C15H22ClN3O2/c1-3-8-19-14(21)13(16)12(9-17-19)18-15(10-20)6-4-11(2)5-7-15/h3,9,11,18,20H,1,4-8,10H2,2H3. The average molecular weight is 312 g/mol. The molecule has 1 aromatic rings. The quantitative estimate of drug-likeness (QED) is 0.820. The minimum atomic E-state index is -0.408. The molecule has 0 radical (unpaired) electrons. The summed E-state index contributed by atoms with van der Waals surface area (Å²) in [6, 6.07) is 0. The van der Waals surface area contributed by atoms with E-state index in [-0.39, 0.29) is 17.2 Å². The highest BCUT2D eigenvalue weighted by molar-refractivity contribution is 6.32. The van der Waals surface area contributed by atoms with Gasteiger partial charge in [0, 0.05) is 0 Å². The van der Waals surface area contributed by atoms with E-state index in [0.29, 0.717) is 18.2 Å². The Balaban J connectivity index is 2.24. The Morgan fingerprint density at radius 1 is 1.62 bits per heavy atom. The minimum absolute atomic E-state index is 0.0196. The van der Waals surface area contributed by atoms with Crippen LogP contribution in [0.15, 0.2) is 23.6 Å². The second-order valence-electron chi connectivity index (χ2n) is 5.89. The third-order valence-corrected chi connectivity index (χ3v) is 4.59. The number of hydrogen-bond donors (Lipinski definition) is 2. The number of aliphatic hydroxyl groups is 1. The average Bonchev–Trinajstić information content (AvgIpc) is 2.49. The van der Waals surface area contributed by atoms with Crippen molar-refractivity contribution in [3.63, 3.8) is 0 Å². The molecule has 2 N–H and O–H groups in total. The highest BCUT2D eigenvalue weighted by Crippen LogP contribution is 2.35. The van der Waals surface area contributed by atoms with Crippen molar-refractivity contribution >= 4 is 17.3 Å². The smallest absolute Gasteiger partial charge is 0.287 e. The molecule has 0 saturated heterocycles. The molecule has 0 spiro atoms. The molecule has 6 heteroatoms. The first kappa shape index (κ1) is 16.0. The predicted molar refractivity (Wildman–Crippen MR) is 84.8 cm³/mol. The van der Waals surface area contributed by atoms with Gasteiger partial charge in [-0.3, -0.25) is 4.79 Å². The summed E-state index contributed by atoms with van der Waals surface area (Å²) < 4.78 is 1.26. The summed E-state index contributed by atoms with van der Waals surface area (Å²) in [6.07, 6.45) is 6.95. The van der Waals surface area contributed by atoms with Gasteiger partial charge in [0.15, 0.2) is 0 Å². The summed E-state index contributed by atoms with van der Waals surface area (Å²) in [5.74, 6) is 0.667. The molecular weight excluding hydrogens is 290 g/mol. The second-order valence-corrected chi connectivity index (χ2v) is 6.27. The molecule has 1 saturated carbocycles. The Morgan fingerprint density at radius 2 is 2.29 bits per heavy atom. The summed E-state index contributed by atoms with van der Waals surface area (Å²) in [5.41, 5.74) is -0.265. The van der Waals surface area contributed by atoms with E-state index in [1.54, 1.807) is 12.3 Å². The zero-order valence-electron chi connectivity index (χ0n) is 12.3. The number of rotatable bonds is 5. The van der Waals surface area contributed by atoms with Gasteiger partial charge in [0.05, 0.1) is 30.6 Å². The largest absolute Gasteiger partial charge is 0.394 e. The molecule has 0 amide bonds. The lowest BCUT2D eigenvalue weighted by Gasteiger charge is -2.39. The molecule has 1 heterocycles. The van der Waals surface area contributed by atoms with Gasteiger partial charge in [0.2, 0.25) is 0 Å². The van der Waals surface area contributed by atoms with Crippen LogP contribution in [0.4, 0.5) is 5.69 Å². The van der Waals surface area contributed by atoms with Gasteiger partial charge in [0.1, 0.15) is 5.02 Å². The SMILES string of the molecule is C=CCn1ncc(NC2(CO)CCC(C)CC2)c(Cl)c1=O. The number of aromatic nitrogens is 2. The van der Waals surface area contributed by atoms with Crippen molar-refractivity contribution in [2.45, 2.75) is 44.7 Å². The van der Waals surface area contributed by atoms with Crippen molar-refractivity contribution in [1.82, 2.24) is 9.78 Å². The Morgan fingerprint density at radius 3 is 2.86 bits per heavy atom. The molecule has 0 unspecified atom stereocenters. The fourth-order valence-electron chi connectivity index (χ4n) is 2.73. The zero-order valence-corrected chi connectivity index (χ0v) is 13.1. The number of nitrogens with zero attached hydrogens (tertiary/aromatic N) is 2. The first-order chi connectivity index (χ1) is 10.0. The van der Waals surface area contributed by atoms with E-state index in [0.717, 1.165) is 25.7 Å².